The average molecular weight is 279 g/mol. The number of fused-ring (bicyclic) bond motifs is 1. The lowest BCUT2D eigenvalue weighted by atomic mass is 10.1. The van der Waals surface area contributed by atoms with Crippen LogP contribution in [0.15, 0.2) is 54.6 Å². The molecule has 1 aromatic heterocycles. The Labute approximate surface area is 126 Å². The van der Waals surface area contributed by atoms with Gasteiger partial charge >= 0.3 is 0 Å². The fraction of sp³-hybridized carbons (Fsp3) is 0.263. The van der Waals surface area contributed by atoms with Crippen molar-refractivity contribution < 1.29 is 4.74 Å². The number of nitrogens with zero attached hydrogens (tertiary/aromatic N) is 1. The fourth-order valence-electron chi connectivity index (χ4n) is 2.77. The van der Waals surface area contributed by atoms with Crippen LogP contribution in [0.2, 0.25) is 0 Å². The minimum absolute atomic E-state index is 0.898. The minimum Gasteiger partial charge on any atom is -0.497 e. The molecule has 3 aromatic rings. The summed E-state index contributed by atoms with van der Waals surface area (Å²) in [5.74, 6) is 0.898. The summed E-state index contributed by atoms with van der Waals surface area (Å²) in [6.07, 6.45) is 2.40. The molecule has 108 valence electrons. The Morgan fingerprint density at radius 3 is 2.48 bits per heavy atom. The SMILES string of the molecule is CCCCn1c(-c2ccc(OC)cc2)cc2ccccc21. The van der Waals surface area contributed by atoms with E-state index in [1.807, 2.05) is 12.1 Å². The summed E-state index contributed by atoms with van der Waals surface area (Å²) in [4.78, 5) is 0. The molecule has 0 aliphatic rings. The van der Waals surface area contributed by atoms with Crippen molar-refractivity contribution in [3.05, 3.63) is 54.6 Å². The van der Waals surface area contributed by atoms with Crippen LogP contribution in [0.5, 0.6) is 5.75 Å². The maximum atomic E-state index is 5.25. The largest absolute Gasteiger partial charge is 0.497 e. The predicted molar refractivity (Wildman–Crippen MR) is 88.8 cm³/mol. The Morgan fingerprint density at radius 1 is 1.00 bits per heavy atom. The zero-order valence-electron chi connectivity index (χ0n) is 12.7. The number of aryl methyl sites for hydroxylation is 1. The van der Waals surface area contributed by atoms with Gasteiger partial charge in [0.1, 0.15) is 5.75 Å². The van der Waals surface area contributed by atoms with Gasteiger partial charge in [-0.05, 0) is 48.4 Å². The average Bonchev–Trinajstić information content (AvgIpc) is 2.91. The second kappa shape index (κ2) is 6.04. The summed E-state index contributed by atoms with van der Waals surface area (Å²) in [5.41, 5.74) is 3.84. The second-order valence-electron chi connectivity index (χ2n) is 5.32. The third-order valence-corrected chi connectivity index (χ3v) is 3.93. The lowest BCUT2D eigenvalue weighted by molar-refractivity contribution is 0.415. The number of para-hydroxylation sites is 1. The van der Waals surface area contributed by atoms with Crippen LogP contribution in [0.25, 0.3) is 22.2 Å². The lowest BCUT2D eigenvalue weighted by Crippen LogP contribution is -1.99. The molecule has 0 fully saturated rings. The van der Waals surface area contributed by atoms with Gasteiger partial charge in [0.2, 0.25) is 0 Å². The van der Waals surface area contributed by atoms with Crippen molar-refractivity contribution in [1.29, 1.82) is 0 Å². The Bertz CT molecular complexity index is 725. The van der Waals surface area contributed by atoms with E-state index in [1.165, 1.54) is 35.0 Å². The molecule has 0 bridgehead atoms. The smallest absolute Gasteiger partial charge is 0.118 e. The normalized spacial score (nSPS) is 11.0. The number of aromatic nitrogens is 1. The molecular formula is C19H21NO. The van der Waals surface area contributed by atoms with E-state index in [0.29, 0.717) is 0 Å². The highest BCUT2D eigenvalue weighted by Crippen LogP contribution is 2.29. The van der Waals surface area contributed by atoms with Crippen molar-refractivity contribution >= 4 is 10.9 Å². The van der Waals surface area contributed by atoms with Gasteiger partial charge in [-0.1, -0.05) is 31.5 Å². The summed E-state index contributed by atoms with van der Waals surface area (Å²) in [7, 11) is 1.70. The highest BCUT2D eigenvalue weighted by atomic mass is 16.5. The van der Waals surface area contributed by atoms with Crippen molar-refractivity contribution in [2.24, 2.45) is 0 Å². The summed E-state index contributed by atoms with van der Waals surface area (Å²) in [6, 6.07) is 19.2. The second-order valence-corrected chi connectivity index (χ2v) is 5.32. The number of hydrogen-bond donors (Lipinski definition) is 0. The van der Waals surface area contributed by atoms with Crippen molar-refractivity contribution in [3.8, 4) is 17.0 Å². The molecule has 0 saturated carbocycles. The van der Waals surface area contributed by atoms with Gasteiger partial charge in [-0.2, -0.15) is 0 Å². The van der Waals surface area contributed by atoms with Gasteiger partial charge in [0.15, 0.2) is 0 Å². The molecule has 0 atom stereocenters. The van der Waals surface area contributed by atoms with Crippen LogP contribution in [0, 0.1) is 0 Å². The van der Waals surface area contributed by atoms with E-state index in [-0.39, 0.29) is 0 Å². The van der Waals surface area contributed by atoms with Gasteiger partial charge in [0, 0.05) is 23.1 Å². The van der Waals surface area contributed by atoms with Crippen LogP contribution in [-0.2, 0) is 6.54 Å². The topological polar surface area (TPSA) is 14.2 Å². The highest BCUT2D eigenvalue weighted by Gasteiger charge is 2.10. The van der Waals surface area contributed by atoms with Gasteiger partial charge in [-0.15, -0.1) is 0 Å². The van der Waals surface area contributed by atoms with E-state index < -0.39 is 0 Å². The molecule has 2 heteroatoms. The van der Waals surface area contributed by atoms with E-state index in [1.54, 1.807) is 7.11 Å². The summed E-state index contributed by atoms with van der Waals surface area (Å²) in [5, 5.41) is 1.31. The summed E-state index contributed by atoms with van der Waals surface area (Å²) >= 11 is 0. The van der Waals surface area contributed by atoms with E-state index in [9.17, 15) is 0 Å². The van der Waals surface area contributed by atoms with Crippen LogP contribution in [0.4, 0.5) is 0 Å². The molecule has 0 aliphatic heterocycles. The monoisotopic (exact) mass is 279 g/mol. The predicted octanol–water partition coefficient (Wildman–Crippen LogP) is 5.12. The zero-order chi connectivity index (χ0) is 14.7. The molecule has 0 amide bonds. The Morgan fingerprint density at radius 2 is 1.76 bits per heavy atom. The van der Waals surface area contributed by atoms with Crippen LogP contribution in [-0.4, -0.2) is 11.7 Å². The molecule has 0 unspecified atom stereocenters. The van der Waals surface area contributed by atoms with E-state index >= 15 is 0 Å². The third kappa shape index (κ3) is 2.66. The highest BCUT2D eigenvalue weighted by molar-refractivity contribution is 5.87. The summed E-state index contributed by atoms with van der Waals surface area (Å²) < 4.78 is 7.68. The molecular weight excluding hydrogens is 258 g/mol. The number of benzene rings is 2. The van der Waals surface area contributed by atoms with Gasteiger partial charge < -0.3 is 9.30 Å². The van der Waals surface area contributed by atoms with Crippen molar-refractivity contribution in [2.45, 2.75) is 26.3 Å². The first-order valence-corrected chi connectivity index (χ1v) is 7.56. The molecule has 2 aromatic carbocycles. The number of methoxy groups -OCH3 is 1. The lowest BCUT2D eigenvalue weighted by Gasteiger charge is -2.11. The van der Waals surface area contributed by atoms with Gasteiger partial charge in [0.05, 0.1) is 7.11 Å². The molecule has 21 heavy (non-hydrogen) atoms. The molecule has 0 radical (unpaired) electrons. The first-order valence-electron chi connectivity index (χ1n) is 7.56. The molecule has 3 rings (SSSR count). The van der Waals surface area contributed by atoms with Crippen molar-refractivity contribution in [2.75, 3.05) is 7.11 Å². The first-order chi connectivity index (χ1) is 10.3. The number of unbranched alkanes of at least 4 members (excludes halogenated alkanes) is 1. The van der Waals surface area contributed by atoms with E-state index in [0.717, 1.165) is 12.3 Å². The standard InChI is InChI=1S/C19H21NO/c1-3-4-13-20-18-8-6-5-7-16(18)14-19(20)15-9-11-17(21-2)12-10-15/h5-12,14H,3-4,13H2,1-2H3. The quantitative estimate of drug-likeness (QED) is 0.632. The number of hydrogen-bond acceptors (Lipinski definition) is 1. The summed E-state index contributed by atoms with van der Waals surface area (Å²) in [6.45, 7) is 3.30. The van der Waals surface area contributed by atoms with Gasteiger partial charge in [-0.3, -0.25) is 0 Å². The Hall–Kier alpha value is -2.22. The van der Waals surface area contributed by atoms with Gasteiger partial charge in [-0.25, -0.2) is 0 Å². The Balaban J connectivity index is 2.10. The van der Waals surface area contributed by atoms with E-state index in [4.69, 9.17) is 4.74 Å². The fourth-order valence-corrected chi connectivity index (χ4v) is 2.77. The minimum atomic E-state index is 0.898. The van der Waals surface area contributed by atoms with Crippen LogP contribution in [0.1, 0.15) is 19.8 Å². The molecule has 0 spiro atoms. The van der Waals surface area contributed by atoms with E-state index in [2.05, 4.69) is 54.0 Å². The zero-order valence-corrected chi connectivity index (χ0v) is 12.7. The Kier molecular flexibility index (Phi) is 3.96. The maximum absolute atomic E-state index is 5.25. The third-order valence-electron chi connectivity index (χ3n) is 3.93. The number of ether oxygens (including phenoxy) is 1. The van der Waals surface area contributed by atoms with Crippen LogP contribution >= 0.6 is 0 Å². The van der Waals surface area contributed by atoms with Crippen molar-refractivity contribution in [1.82, 2.24) is 4.57 Å². The maximum Gasteiger partial charge on any atom is 0.118 e. The van der Waals surface area contributed by atoms with Crippen LogP contribution < -0.4 is 4.74 Å². The molecule has 0 aliphatic carbocycles. The molecule has 1 heterocycles. The number of rotatable bonds is 5. The first kappa shape index (κ1) is 13.7. The van der Waals surface area contributed by atoms with Crippen molar-refractivity contribution in [3.63, 3.8) is 0 Å². The van der Waals surface area contributed by atoms with Gasteiger partial charge in [0.25, 0.3) is 0 Å². The molecule has 0 N–H and O–H groups in total. The molecule has 0 saturated heterocycles. The molecule has 2 nitrogen and oxygen atoms in total. The van der Waals surface area contributed by atoms with Crippen LogP contribution in [0.3, 0.4) is 0 Å².